The fourth-order valence-electron chi connectivity index (χ4n) is 6.32. The number of fused-ring (bicyclic) bond motifs is 1. The number of hydrogen-bond acceptors (Lipinski definition) is 5. The number of sulfonamides is 1. The lowest BCUT2D eigenvalue weighted by Crippen LogP contribution is -2.43. The molecule has 3 aliphatic rings. The number of hydrogen-bond donors (Lipinski definition) is 0. The lowest BCUT2D eigenvalue weighted by Gasteiger charge is -2.27. The van der Waals surface area contributed by atoms with E-state index in [1.165, 1.54) is 77.4 Å². The zero-order chi connectivity index (χ0) is 24.6. The second-order valence-corrected chi connectivity index (χ2v) is 12.6. The van der Waals surface area contributed by atoms with Gasteiger partial charge in [-0.15, -0.1) is 12.4 Å². The van der Waals surface area contributed by atoms with Crippen LogP contribution in [0, 0.1) is 5.92 Å². The number of carbonyl (C=O) groups is 2. The first-order chi connectivity index (χ1) is 16.3. The van der Waals surface area contributed by atoms with E-state index in [9.17, 15) is 18.0 Å². The number of rotatable bonds is 13. The quantitative estimate of drug-likeness (QED) is 0.323. The van der Waals surface area contributed by atoms with Gasteiger partial charge in [0.15, 0.2) is 0 Å². The van der Waals surface area contributed by atoms with Crippen LogP contribution in [-0.2, 0) is 19.6 Å². The van der Waals surface area contributed by atoms with E-state index in [-0.39, 0.29) is 42.2 Å². The third-order valence-electron chi connectivity index (χ3n) is 8.01. The Balaban J connectivity index is 0.00000432. The molecule has 9 heteroatoms. The smallest absolute Gasteiger partial charge is 0.241 e. The van der Waals surface area contributed by atoms with E-state index in [0.29, 0.717) is 25.8 Å². The number of carbonyl (C=O) groups excluding carboxylic acids is 2. The standard InChI is InChI=1S/C26H47N3O4S.ClH/c1-3-15-22-25-23(29(26(22)31)34(2,32)33)17-21-28(25)24(30)16-11-7-5-4-6-8-12-18-27-19-13-9-10-14-20-27;/h22-23,25H,3-21H2,1-2H3;1H/t22-,23+,25-;/m1./s1. The van der Waals surface area contributed by atoms with Gasteiger partial charge in [0.25, 0.3) is 0 Å². The predicted molar refractivity (Wildman–Crippen MR) is 143 cm³/mol. The van der Waals surface area contributed by atoms with E-state index in [0.717, 1.165) is 29.8 Å². The highest BCUT2D eigenvalue weighted by molar-refractivity contribution is 7.88. The van der Waals surface area contributed by atoms with Crippen molar-refractivity contribution in [1.29, 1.82) is 0 Å². The van der Waals surface area contributed by atoms with Crippen molar-refractivity contribution >= 4 is 34.2 Å². The summed E-state index contributed by atoms with van der Waals surface area (Å²) in [7, 11) is -3.61. The second kappa shape index (κ2) is 14.8. The Kier molecular flexibility index (Phi) is 12.8. The molecule has 3 fully saturated rings. The van der Waals surface area contributed by atoms with Gasteiger partial charge in [-0.25, -0.2) is 12.7 Å². The van der Waals surface area contributed by atoms with Gasteiger partial charge in [-0.2, -0.15) is 0 Å². The minimum atomic E-state index is -3.61. The Bertz CT molecular complexity index is 771. The van der Waals surface area contributed by atoms with E-state index in [1.54, 1.807) is 0 Å². The molecule has 0 bridgehead atoms. The van der Waals surface area contributed by atoms with E-state index in [2.05, 4.69) is 4.90 Å². The Labute approximate surface area is 219 Å². The second-order valence-electron chi connectivity index (χ2n) is 10.7. The number of amides is 2. The summed E-state index contributed by atoms with van der Waals surface area (Å²) >= 11 is 0. The fraction of sp³-hybridized carbons (Fsp3) is 0.923. The van der Waals surface area contributed by atoms with Crippen LogP contribution in [0.15, 0.2) is 0 Å². The van der Waals surface area contributed by atoms with Gasteiger partial charge in [0.2, 0.25) is 21.8 Å². The van der Waals surface area contributed by atoms with Gasteiger partial charge < -0.3 is 9.80 Å². The van der Waals surface area contributed by atoms with E-state index >= 15 is 0 Å². The minimum absolute atomic E-state index is 0. The number of unbranched alkanes of at least 4 members (excludes halogenated alkanes) is 6. The third kappa shape index (κ3) is 8.32. The molecule has 0 N–H and O–H groups in total. The third-order valence-corrected chi connectivity index (χ3v) is 9.17. The molecule has 3 atom stereocenters. The molecule has 3 saturated heterocycles. The molecular weight excluding hydrogens is 486 g/mol. The highest BCUT2D eigenvalue weighted by atomic mass is 35.5. The van der Waals surface area contributed by atoms with Crippen LogP contribution >= 0.6 is 12.4 Å². The van der Waals surface area contributed by atoms with Gasteiger partial charge in [0, 0.05) is 13.0 Å². The van der Waals surface area contributed by atoms with E-state index in [1.807, 2.05) is 11.8 Å². The van der Waals surface area contributed by atoms with Crippen molar-refractivity contribution in [3.05, 3.63) is 0 Å². The topological polar surface area (TPSA) is 78.0 Å². The van der Waals surface area contributed by atoms with Crippen molar-refractivity contribution in [2.45, 2.75) is 115 Å². The molecule has 7 nitrogen and oxygen atoms in total. The highest BCUT2D eigenvalue weighted by Gasteiger charge is 2.56. The van der Waals surface area contributed by atoms with Crippen LogP contribution in [0.25, 0.3) is 0 Å². The molecule has 0 aromatic rings. The predicted octanol–water partition coefficient (Wildman–Crippen LogP) is 4.59. The molecule has 3 rings (SSSR count). The van der Waals surface area contributed by atoms with Crippen LogP contribution in [0.5, 0.6) is 0 Å². The van der Waals surface area contributed by atoms with Crippen LogP contribution in [-0.4, -0.2) is 78.9 Å². The molecule has 0 aliphatic carbocycles. The summed E-state index contributed by atoms with van der Waals surface area (Å²) in [5.41, 5.74) is 0. The van der Waals surface area contributed by atoms with Crippen molar-refractivity contribution < 1.29 is 18.0 Å². The molecule has 0 unspecified atom stereocenters. The van der Waals surface area contributed by atoms with Gasteiger partial charge in [0.1, 0.15) is 0 Å². The first kappa shape index (κ1) is 30.4. The molecular formula is C26H48ClN3O4S. The van der Waals surface area contributed by atoms with Crippen LogP contribution in [0.4, 0.5) is 0 Å². The summed E-state index contributed by atoms with van der Waals surface area (Å²) in [6.45, 7) is 6.38. The molecule has 204 valence electrons. The summed E-state index contributed by atoms with van der Waals surface area (Å²) in [5.74, 6) is -0.604. The molecule has 0 saturated carbocycles. The zero-order valence-corrected chi connectivity index (χ0v) is 23.6. The largest absolute Gasteiger partial charge is 0.337 e. The Morgan fingerprint density at radius 1 is 0.914 bits per heavy atom. The van der Waals surface area contributed by atoms with Gasteiger partial charge in [-0.05, 0) is 58.2 Å². The number of nitrogens with zero attached hydrogens (tertiary/aromatic N) is 3. The maximum Gasteiger partial charge on any atom is 0.241 e. The lowest BCUT2D eigenvalue weighted by molar-refractivity contribution is -0.134. The summed E-state index contributed by atoms with van der Waals surface area (Å²) in [5, 5.41) is 0. The Morgan fingerprint density at radius 3 is 2.11 bits per heavy atom. The molecule has 3 heterocycles. The van der Waals surface area contributed by atoms with Gasteiger partial charge >= 0.3 is 0 Å². The molecule has 35 heavy (non-hydrogen) atoms. The van der Waals surface area contributed by atoms with Gasteiger partial charge in [-0.3, -0.25) is 9.59 Å². The fourth-order valence-corrected chi connectivity index (χ4v) is 7.50. The first-order valence-electron chi connectivity index (χ1n) is 13.9. The van der Waals surface area contributed by atoms with Crippen LogP contribution < -0.4 is 0 Å². The van der Waals surface area contributed by atoms with E-state index < -0.39 is 10.0 Å². The molecule has 0 aromatic heterocycles. The van der Waals surface area contributed by atoms with Crippen molar-refractivity contribution in [3.63, 3.8) is 0 Å². The summed E-state index contributed by atoms with van der Waals surface area (Å²) in [6, 6.07) is -0.656. The Hall–Kier alpha value is -0.860. The van der Waals surface area contributed by atoms with Gasteiger partial charge in [-0.1, -0.05) is 58.3 Å². The first-order valence-corrected chi connectivity index (χ1v) is 15.7. The number of likely N-dealkylation sites (tertiary alicyclic amines) is 2. The highest BCUT2D eigenvalue weighted by Crippen LogP contribution is 2.40. The lowest BCUT2D eigenvalue weighted by atomic mass is 9.94. The molecule has 0 aromatic carbocycles. The summed E-state index contributed by atoms with van der Waals surface area (Å²) in [4.78, 5) is 30.3. The minimum Gasteiger partial charge on any atom is -0.337 e. The van der Waals surface area contributed by atoms with Crippen molar-refractivity contribution in [2.24, 2.45) is 5.92 Å². The zero-order valence-electron chi connectivity index (χ0n) is 22.0. The Morgan fingerprint density at radius 2 is 1.51 bits per heavy atom. The SMILES string of the molecule is CCC[C@H]1C(=O)N(S(C)(=O)=O)[C@H]2CCN(C(=O)CCCCCCCCCN3CCCCCC3)[C@H]12.Cl. The normalized spacial score (nSPS) is 25.4. The van der Waals surface area contributed by atoms with Crippen LogP contribution in [0.3, 0.4) is 0 Å². The molecule has 3 aliphatic heterocycles. The van der Waals surface area contributed by atoms with Crippen molar-refractivity contribution in [1.82, 2.24) is 14.1 Å². The van der Waals surface area contributed by atoms with Crippen LogP contribution in [0.1, 0.15) is 103 Å². The van der Waals surface area contributed by atoms with Crippen molar-refractivity contribution in [2.75, 3.05) is 32.4 Å². The monoisotopic (exact) mass is 533 g/mol. The average molecular weight is 534 g/mol. The molecule has 2 amide bonds. The summed E-state index contributed by atoms with van der Waals surface area (Å²) in [6.07, 6.45) is 17.4. The molecule has 0 spiro atoms. The molecule has 0 radical (unpaired) electrons. The van der Waals surface area contributed by atoms with Crippen molar-refractivity contribution in [3.8, 4) is 0 Å². The maximum atomic E-state index is 13.0. The number of halogens is 1. The van der Waals surface area contributed by atoms with Gasteiger partial charge in [0.05, 0.1) is 24.3 Å². The van der Waals surface area contributed by atoms with E-state index in [4.69, 9.17) is 0 Å². The van der Waals surface area contributed by atoms with Crippen LogP contribution in [0.2, 0.25) is 0 Å². The summed E-state index contributed by atoms with van der Waals surface area (Å²) < 4.78 is 25.6. The average Bonchev–Trinajstić information content (AvgIpc) is 3.18. The maximum absolute atomic E-state index is 13.0.